The SMILES string of the molecule is CNS(=O)(=O)c1ccc(C(C)Nc2cnn(CC(F)F)c2)cc1. The van der Waals surface area contributed by atoms with E-state index >= 15 is 0 Å². The predicted octanol–water partition coefficient (Wildman–Crippen LogP) is 2.23. The number of benzene rings is 1. The molecule has 1 aromatic heterocycles. The fraction of sp³-hybridized carbons (Fsp3) is 0.357. The third-order valence-electron chi connectivity index (χ3n) is 3.30. The molecule has 0 fully saturated rings. The van der Waals surface area contributed by atoms with Crippen molar-refractivity contribution in [1.29, 1.82) is 0 Å². The fourth-order valence-electron chi connectivity index (χ4n) is 2.07. The number of alkyl halides is 2. The molecule has 2 aromatic rings. The third kappa shape index (κ3) is 4.49. The van der Waals surface area contributed by atoms with Crippen LogP contribution in [0.25, 0.3) is 0 Å². The van der Waals surface area contributed by atoms with Crippen molar-refractivity contribution in [3.05, 3.63) is 42.2 Å². The molecule has 0 aliphatic rings. The minimum Gasteiger partial charge on any atom is -0.376 e. The number of halogens is 2. The van der Waals surface area contributed by atoms with Gasteiger partial charge in [-0.15, -0.1) is 0 Å². The maximum Gasteiger partial charge on any atom is 0.257 e. The number of rotatable bonds is 7. The molecule has 1 aromatic carbocycles. The van der Waals surface area contributed by atoms with Crippen molar-refractivity contribution in [3.8, 4) is 0 Å². The van der Waals surface area contributed by atoms with E-state index in [1.807, 2.05) is 6.92 Å². The van der Waals surface area contributed by atoms with E-state index in [-0.39, 0.29) is 10.9 Å². The number of hydrogen-bond donors (Lipinski definition) is 2. The first-order valence-electron chi connectivity index (χ1n) is 6.92. The monoisotopic (exact) mass is 344 g/mol. The van der Waals surface area contributed by atoms with E-state index in [4.69, 9.17) is 0 Å². The van der Waals surface area contributed by atoms with Crippen LogP contribution in [0.3, 0.4) is 0 Å². The van der Waals surface area contributed by atoms with E-state index < -0.39 is 23.0 Å². The van der Waals surface area contributed by atoms with Crippen molar-refractivity contribution in [2.24, 2.45) is 0 Å². The van der Waals surface area contributed by atoms with Crippen LogP contribution in [0.2, 0.25) is 0 Å². The summed E-state index contributed by atoms with van der Waals surface area (Å²) in [5.74, 6) is 0. The largest absolute Gasteiger partial charge is 0.376 e. The van der Waals surface area contributed by atoms with Gasteiger partial charge < -0.3 is 5.32 Å². The molecular weight excluding hydrogens is 326 g/mol. The molecule has 126 valence electrons. The maximum atomic E-state index is 12.3. The summed E-state index contributed by atoms with van der Waals surface area (Å²) < 4.78 is 51.3. The predicted molar refractivity (Wildman–Crippen MR) is 83.0 cm³/mol. The molecule has 2 N–H and O–H groups in total. The molecule has 0 radical (unpaired) electrons. The minimum absolute atomic E-state index is 0.134. The summed E-state index contributed by atoms with van der Waals surface area (Å²) in [6.07, 6.45) is 0.517. The van der Waals surface area contributed by atoms with E-state index in [1.54, 1.807) is 12.1 Å². The Bertz CT molecular complexity index is 744. The quantitative estimate of drug-likeness (QED) is 0.808. The molecule has 1 heterocycles. The lowest BCUT2D eigenvalue weighted by Gasteiger charge is -2.14. The smallest absolute Gasteiger partial charge is 0.257 e. The second-order valence-electron chi connectivity index (χ2n) is 4.98. The van der Waals surface area contributed by atoms with Crippen LogP contribution in [0.5, 0.6) is 0 Å². The van der Waals surface area contributed by atoms with E-state index in [9.17, 15) is 17.2 Å². The van der Waals surface area contributed by atoms with Crippen LogP contribution in [0, 0.1) is 0 Å². The van der Waals surface area contributed by atoms with Gasteiger partial charge in [-0.1, -0.05) is 12.1 Å². The van der Waals surface area contributed by atoms with Gasteiger partial charge in [0.2, 0.25) is 10.0 Å². The standard InChI is InChI=1S/C14H18F2N4O2S/c1-10(19-12-7-18-20(8-12)9-14(15)16)11-3-5-13(6-4-11)23(21,22)17-2/h3-8,10,14,17,19H,9H2,1-2H3. The first-order chi connectivity index (χ1) is 10.8. The Morgan fingerprint density at radius 3 is 2.48 bits per heavy atom. The number of aromatic nitrogens is 2. The van der Waals surface area contributed by atoms with E-state index in [2.05, 4.69) is 15.1 Å². The van der Waals surface area contributed by atoms with Crippen molar-refractivity contribution < 1.29 is 17.2 Å². The number of anilines is 1. The normalized spacial score (nSPS) is 13.3. The number of hydrogen-bond acceptors (Lipinski definition) is 4. The van der Waals surface area contributed by atoms with Gasteiger partial charge in [0, 0.05) is 12.2 Å². The van der Waals surface area contributed by atoms with Gasteiger partial charge in [0.1, 0.15) is 6.54 Å². The first-order valence-corrected chi connectivity index (χ1v) is 8.41. The highest BCUT2D eigenvalue weighted by Crippen LogP contribution is 2.20. The molecule has 0 saturated heterocycles. The van der Waals surface area contributed by atoms with Gasteiger partial charge in [-0.2, -0.15) is 5.10 Å². The Hall–Kier alpha value is -2.00. The van der Waals surface area contributed by atoms with Gasteiger partial charge in [-0.05, 0) is 31.7 Å². The van der Waals surface area contributed by atoms with Gasteiger partial charge in [-0.25, -0.2) is 21.9 Å². The van der Waals surface area contributed by atoms with Gasteiger partial charge >= 0.3 is 0 Å². The third-order valence-corrected chi connectivity index (χ3v) is 4.73. The van der Waals surface area contributed by atoms with E-state index in [0.717, 1.165) is 5.56 Å². The number of nitrogens with zero attached hydrogens (tertiary/aromatic N) is 2. The van der Waals surface area contributed by atoms with Crippen molar-refractivity contribution in [2.45, 2.75) is 30.8 Å². The van der Waals surface area contributed by atoms with Crippen molar-refractivity contribution in [1.82, 2.24) is 14.5 Å². The lowest BCUT2D eigenvalue weighted by molar-refractivity contribution is 0.122. The Kier molecular flexibility index (Phi) is 5.32. The molecule has 0 bridgehead atoms. The number of nitrogens with one attached hydrogen (secondary N) is 2. The van der Waals surface area contributed by atoms with Crippen LogP contribution in [0.1, 0.15) is 18.5 Å². The summed E-state index contributed by atoms with van der Waals surface area (Å²) in [7, 11) is -2.11. The summed E-state index contributed by atoms with van der Waals surface area (Å²) in [6.45, 7) is 1.43. The Morgan fingerprint density at radius 1 is 1.26 bits per heavy atom. The topological polar surface area (TPSA) is 76.0 Å². The maximum absolute atomic E-state index is 12.3. The van der Waals surface area contributed by atoms with Crippen molar-refractivity contribution in [3.63, 3.8) is 0 Å². The highest BCUT2D eigenvalue weighted by Gasteiger charge is 2.13. The molecule has 0 aliphatic heterocycles. The molecule has 2 rings (SSSR count). The van der Waals surface area contributed by atoms with E-state index in [0.29, 0.717) is 5.69 Å². The zero-order chi connectivity index (χ0) is 17.0. The van der Waals surface area contributed by atoms with Crippen LogP contribution < -0.4 is 10.0 Å². The Labute approximate surface area is 133 Å². The van der Waals surface area contributed by atoms with Gasteiger partial charge in [0.05, 0.1) is 16.8 Å². The molecule has 6 nitrogen and oxygen atoms in total. The lowest BCUT2D eigenvalue weighted by atomic mass is 10.1. The zero-order valence-corrected chi connectivity index (χ0v) is 13.5. The molecule has 9 heteroatoms. The molecule has 0 aliphatic carbocycles. The average Bonchev–Trinajstić information content (AvgIpc) is 2.93. The van der Waals surface area contributed by atoms with Crippen LogP contribution in [0.4, 0.5) is 14.5 Å². The lowest BCUT2D eigenvalue weighted by Crippen LogP contribution is -2.18. The highest BCUT2D eigenvalue weighted by molar-refractivity contribution is 7.89. The summed E-state index contributed by atoms with van der Waals surface area (Å²) in [4.78, 5) is 0.181. The Morgan fingerprint density at radius 2 is 1.91 bits per heavy atom. The van der Waals surface area contributed by atoms with Gasteiger partial charge in [-0.3, -0.25) is 4.68 Å². The number of sulfonamides is 1. The molecule has 1 atom stereocenters. The van der Waals surface area contributed by atoms with Crippen LogP contribution in [-0.4, -0.2) is 31.7 Å². The zero-order valence-electron chi connectivity index (χ0n) is 12.7. The van der Waals surface area contributed by atoms with E-state index in [1.165, 1.54) is 36.3 Å². The molecule has 0 amide bonds. The van der Waals surface area contributed by atoms with Crippen LogP contribution >= 0.6 is 0 Å². The minimum atomic E-state index is -3.46. The summed E-state index contributed by atoms with van der Waals surface area (Å²) in [5.41, 5.74) is 1.48. The van der Waals surface area contributed by atoms with Crippen molar-refractivity contribution >= 4 is 15.7 Å². The molecule has 0 spiro atoms. The summed E-state index contributed by atoms with van der Waals surface area (Å²) >= 11 is 0. The van der Waals surface area contributed by atoms with Gasteiger partial charge in [0.15, 0.2) is 0 Å². The molecule has 0 saturated carbocycles. The summed E-state index contributed by atoms with van der Waals surface area (Å²) in [5, 5.41) is 6.98. The highest BCUT2D eigenvalue weighted by atomic mass is 32.2. The molecule has 1 unspecified atom stereocenters. The fourth-order valence-corrected chi connectivity index (χ4v) is 2.80. The molecular formula is C14H18F2N4O2S. The average molecular weight is 344 g/mol. The second-order valence-corrected chi connectivity index (χ2v) is 6.87. The van der Waals surface area contributed by atoms with Crippen LogP contribution in [0.15, 0.2) is 41.6 Å². The second kappa shape index (κ2) is 7.05. The Balaban J connectivity index is 2.06. The van der Waals surface area contributed by atoms with Crippen LogP contribution in [-0.2, 0) is 16.6 Å². The molecule has 23 heavy (non-hydrogen) atoms. The first kappa shape index (κ1) is 17.4. The van der Waals surface area contributed by atoms with Crippen molar-refractivity contribution in [2.75, 3.05) is 12.4 Å². The summed E-state index contributed by atoms with van der Waals surface area (Å²) in [6, 6.07) is 6.29. The van der Waals surface area contributed by atoms with Gasteiger partial charge in [0.25, 0.3) is 6.43 Å².